The number of nitrogens with two attached hydrogens (primary N) is 1. The molecule has 0 bridgehead atoms. The van der Waals surface area contributed by atoms with Crippen molar-refractivity contribution in [1.29, 1.82) is 0 Å². The number of methoxy groups -OCH3 is 2. The van der Waals surface area contributed by atoms with Gasteiger partial charge in [-0.15, -0.1) is 0 Å². The minimum atomic E-state index is -0.0143. The van der Waals surface area contributed by atoms with Crippen molar-refractivity contribution in [2.75, 3.05) is 14.2 Å². The summed E-state index contributed by atoms with van der Waals surface area (Å²) >= 11 is 0. The van der Waals surface area contributed by atoms with Crippen LogP contribution in [0, 0.1) is 0 Å². The average Bonchev–Trinajstić information content (AvgIpc) is 2.75. The van der Waals surface area contributed by atoms with Crippen molar-refractivity contribution in [1.82, 2.24) is 0 Å². The fourth-order valence-electron chi connectivity index (χ4n) is 2.65. The minimum Gasteiger partial charge on any atom is -0.493 e. The second-order valence-electron chi connectivity index (χ2n) is 4.94. The molecule has 0 spiro atoms. The Morgan fingerprint density at radius 1 is 1.12 bits per heavy atom. The second kappa shape index (κ2) is 4.96. The molecular weight excluding hydrogens is 214 g/mol. The molecule has 3 heteroatoms. The molecule has 3 nitrogen and oxygen atoms in total. The molecule has 0 radical (unpaired) electrons. The molecule has 1 aromatic rings. The van der Waals surface area contributed by atoms with E-state index >= 15 is 0 Å². The van der Waals surface area contributed by atoms with Gasteiger partial charge in [0.05, 0.1) is 14.2 Å². The van der Waals surface area contributed by atoms with Crippen molar-refractivity contribution >= 4 is 0 Å². The highest BCUT2D eigenvalue weighted by Gasteiger charge is 2.29. The highest BCUT2D eigenvalue weighted by atomic mass is 16.5. The lowest BCUT2D eigenvalue weighted by Crippen LogP contribution is -2.38. The van der Waals surface area contributed by atoms with Crippen LogP contribution in [0.2, 0.25) is 0 Å². The van der Waals surface area contributed by atoms with Crippen LogP contribution < -0.4 is 15.2 Å². The van der Waals surface area contributed by atoms with Gasteiger partial charge in [0.25, 0.3) is 0 Å². The molecular formula is C14H21NO2. The normalized spacial score (nSPS) is 18.1. The first-order valence-corrected chi connectivity index (χ1v) is 6.17. The molecule has 0 amide bonds. The van der Waals surface area contributed by atoms with Crippen molar-refractivity contribution in [3.8, 4) is 11.5 Å². The standard InChI is InChI=1S/C14H21NO2/c1-16-12-6-5-11(9-13(12)17-2)10-14(15)7-3-4-8-14/h5-6,9H,3-4,7-8,10,15H2,1-2H3. The van der Waals surface area contributed by atoms with E-state index < -0.39 is 0 Å². The van der Waals surface area contributed by atoms with E-state index in [9.17, 15) is 0 Å². The Morgan fingerprint density at radius 3 is 2.35 bits per heavy atom. The van der Waals surface area contributed by atoms with Crippen LogP contribution in [-0.4, -0.2) is 19.8 Å². The fraction of sp³-hybridized carbons (Fsp3) is 0.571. The summed E-state index contributed by atoms with van der Waals surface area (Å²) in [6.07, 6.45) is 5.68. The van der Waals surface area contributed by atoms with Crippen molar-refractivity contribution in [3.05, 3.63) is 23.8 Å². The Hall–Kier alpha value is -1.22. The third-order valence-corrected chi connectivity index (χ3v) is 3.60. The lowest BCUT2D eigenvalue weighted by atomic mass is 9.90. The van der Waals surface area contributed by atoms with Gasteiger partial charge in [0, 0.05) is 5.54 Å². The van der Waals surface area contributed by atoms with E-state index in [0.29, 0.717) is 0 Å². The Morgan fingerprint density at radius 2 is 1.76 bits per heavy atom. The molecule has 0 aromatic heterocycles. The molecule has 0 heterocycles. The van der Waals surface area contributed by atoms with Crippen LogP contribution in [-0.2, 0) is 6.42 Å². The summed E-state index contributed by atoms with van der Waals surface area (Å²) in [7, 11) is 3.31. The van der Waals surface area contributed by atoms with Gasteiger partial charge in [0.2, 0.25) is 0 Å². The van der Waals surface area contributed by atoms with E-state index in [4.69, 9.17) is 15.2 Å². The zero-order valence-corrected chi connectivity index (χ0v) is 10.7. The summed E-state index contributed by atoms with van der Waals surface area (Å²) in [6, 6.07) is 6.06. The number of hydrogen-bond donors (Lipinski definition) is 1. The van der Waals surface area contributed by atoms with Gasteiger partial charge < -0.3 is 15.2 Å². The monoisotopic (exact) mass is 235 g/mol. The maximum Gasteiger partial charge on any atom is 0.160 e. The van der Waals surface area contributed by atoms with Gasteiger partial charge in [-0.05, 0) is 37.0 Å². The number of ether oxygens (including phenoxy) is 2. The van der Waals surface area contributed by atoms with Gasteiger partial charge in [-0.25, -0.2) is 0 Å². The molecule has 1 saturated carbocycles. The maximum atomic E-state index is 6.38. The van der Waals surface area contributed by atoms with Gasteiger partial charge in [-0.3, -0.25) is 0 Å². The van der Waals surface area contributed by atoms with E-state index in [1.807, 2.05) is 12.1 Å². The molecule has 94 valence electrons. The van der Waals surface area contributed by atoms with Crippen LogP contribution in [0.1, 0.15) is 31.2 Å². The quantitative estimate of drug-likeness (QED) is 0.872. The molecule has 0 saturated heterocycles. The highest BCUT2D eigenvalue weighted by Crippen LogP contribution is 2.33. The predicted octanol–water partition coefficient (Wildman–Crippen LogP) is 2.52. The third kappa shape index (κ3) is 2.72. The maximum absolute atomic E-state index is 6.38. The van der Waals surface area contributed by atoms with Gasteiger partial charge in [-0.2, -0.15) is 0 Å². The molecule has 0 unspecified atom stereocenters. The Balaban J connectivity index is 2.16. The third-order valence-electron chi connectivity index (χ3n) is 3.60. The molecule has 17 heavy (non-hydrogen) atoms. The van der Waals surface area contributed by atoms with Crippen molar-refractivity contribution in [2.24, 2.45) is 5.73 Å². The highest BCUT2D eigenvalue weighted by molar-refractivity contribution is 5.43. The van der Waals surface area contributed by atoms with E-state index in [-0.39, 0.29) is 5.54 Å². The molecule has 1 aromatic carbocycles. The van der Waals surface area contributed by atoms with E-state index in [1.165, 1.54) is 18.4 Å². The first-order valence-electron chi connectivity index (χ1n) is 6.17. The first-order chi connectivity index (χ1) is 8.17. The SMILES string of the molecule is COc1ccc(CC2(N)CCCC2)cc1OC. The van der Waals surface area contributed by atoms with Crippen LogP contribution in [0.3, 0.4) is 0 Å². The van der Waals surface area contributed by atoms with Crippen LogP contribution in [0.25, 0.3) is 0 Å². The number of benzene rings is 1. The summed E-state index contributed by atoms with van der Waals surface area (Å²) in [5.74, 6) is 1.56. The molecule has 2 rings (SSSR count). The lowest BCUT2D eigenvalue weighted by molar-refractivity contribution is 0.353. The molecule has 1 aliphatic carbocycles. The van der Waals surface area contributed by atoms with E-state index in [2.05, 4.69) is 6.07 Å². The van der Waals surface area contributed by atoms with Crippen LogP contribution in [0.4, 0.5) is 0 Å². The summed E-state index contributed by atoms with van der Waals surface area (Å²) < 4.78 is 10.5. The van der Waals surface area contributed by atoms with Gasteiger partial charge >= 0.3 is 0 Å². The fourth-order valence-corrected chi connectivity index (χ4v) is 2.65. The largest absolute Gasteiger partial charge is 0.493 e. The van der Waals surface area contributed by atoms with Crippen molar-refractivity contribution in [3.63, 3.8) is 0 Å². The van der Waals surface area contributed by atoms with E-state index in [1.54, 1.807) is 14.2 Å². The smallest absolute Gasteiger partial charge is 0.160 e. The molecule has 0 aliphatic heterocycles. The first kappa shape index (κ1) is 12.2. The topological polar surface area (TPSA) is 44.5 Å². The van der Waals surface area contributed by atoms with Gasteiger partial charge in [0.15, 0.2) is 11.5 Å². The lowest BCUT2D eigenvalue weighted by Gasteiger charge is -2.24. The van der Waals surface area contributed by atoms with Crippen LogP contribution in [0.15, 0.2) is 18.2 Å². The zero-order valence-electron chi connectivity index (χ0n) is 10.7. The number of hydrogen-bond acceptors (Lipinski definition) is 3. The van der Waals surface area contributed by atoms with Gasteiger partial charge in [-0.1, -0.05) is 18.9 Å². The Labute approximate surface area is 103 Å². The zero-order chi connectivity index (χ0) is 12.3. The Kier molecular flexibility index (Phi) is 3.57. The van der Waals surface area contributed by atoms with Crippen molar-refractivity contribution in [2.45, 2.75) is 37.6 Å². The summed E-state index contributed by atoms with van der Waals surface area (Å²) in [5.41, 5.74) is 7.60. The number of rotatable bonds is 4. The average molecular weight is 235 g/mol. The molecule has 2 N–H and O–H groups in total. The molecule has 0 atom stereocenters. The van der Waals surface area contributed by atoms with E-state index in [0.717, 1.165) is 30.8 Å². The van der Waals surface area contributed by atoms with Crippen LogP contribution >= 0.6 is 0 Å². The van der Waals surface area contributed by atoms with Crippen molar-refractivity contribution < 1.29 is 9.47 Å². The predicted molar refractivity (Wildman–Crippen MR) is 68.6 cm³/mol. The minimum absolute atomic E-state index is 0.0143. The summed E-state index contributed by atoms with van der Waals surface area (Å²) in [6.45, 7) is 0. The molecule has 1 aliphatic rings. The van der Waals surface area contributed by atoms with Gasteiger partial charge in [0.1, 0.15) is 0 Å². The Bertz CT molecular complexity index is 384. The molecule has 1 fully saturated rings. The second-order valence-corrected chi connectivity index (χ2v) is 4.94. The summed E-state index contributed by atoms with van der Waals surface area (Å²) in [4.78, 5) is 0. The van der Waals surface area contributed by atoms with Crippen LogP contribution in [0.5, 0.6) is 11.5 Å². The summed E-state index contributed by atoms with van der Waals surface area (Å²) in [5, 5.41) is 0.